The van der Waals surface area contributed by atoms with Crippen LogP contribution in [0.1, 0.15) is 11.1 Å². The van der Waals surface area contributed by atoms with Crippen molar-refractivity contribution in [1.82, 2.24) is 9.97 Å². The molecule has 0 radical (unpaired) electrons. The van der Waals surface area contributed by atoms with Gasteiger partial charge in [0.25, 0.3) is 0 Å². The molecule has 0 aliphatic heterocycles. The molecule has 1 heterocycles. The summed E-state index contributed by atoms with van der Waals surface area (Å²) < 4.78 is 0. The number of aromatic amines is 1. The quantitative estimate of drug-likeness (QED) is 0.633. The summed E-state index contributed by atoms with van der Waals surface area (Å²) in [6, 6.07) is 5.82. The predicted octanol–water partition coefficient (Wildman–Crippen LogP) is 1.74. The predicted molar refractivity (Wildman–Crippen MR) is 45.5 cm³/mol. The molecule has 1 N–H and O–H groups in total. The molecule has 0 saturated heterocycles. The normalized spacial score (nSPS) is 10.0. The Morgan fingerprint density at radius 3 is 3.08 bits per heavy atom. The number of aromatic nitrogens is 2. The maximum absolute atomic E-state index is 8.75. The lowest BCUT2D eigenvalue weighted by Crippen LogP contribution is -1.81. The van der Waals surface area contributed by atoms with Crippen LogP contribution in [0.5, 0.6) is 0 Å². The Bertz CT molecular complexity index is 462. The number of aryl methyl sites for hydroxylation is 1. The van der Waals surface area contributed by atoms with Crippen LogP contribution in [-0.4, -0.2) is 9.97 Å². The lowest BCUT2D eigenvalue weighted by atomic mass is 10.1. The number of H-pyrrole nitrogens is 1. The SMILES string of the molecule is Cc1ccc(C#N)c2[nH]cnc12. The topological polar surface area (TPSA) is 52.5 Å². The van der Waals surface area contributed by atoms with Crippen LogP contribution in [0.25, 0.3) is 11.0 Å². The molecule has 0 fully saturated rings. The first kappa shape index (κ1) is 6.86. The molecule has 58 valence electrons. The molecule has 0 atom stereocenters. The molecule has 0 saturated carbocycles. The van der Waals surface area contributed by atoms with Crippen LogP contribution in [0.2, 0.25) is 0 Å². The van der Waals surface area contributed by atoms with Gasteiger partial charge in [-0.1, -0.05) is 6.07 Å². The minimum absolute atomic E-state index is 0.646. The third-order valence-corrected chi connectivity index (χ3v) is 1.90. The molecule has 1 aromatic heterocycles. The van der Waals surface area contributed by atoms with Gasteiger partial charge >= 0.3 is 0 Å². The monoisotopic (exact) mass is 157 g/mol. The summed E-state index contributed by atoms with van der Waals surface area (Å²) in [5.74, 6) is 0. The summed E-state index contributed by atoms with van der Waals surface area (Å²) in [5.41, 5.74) is 3.45. The van der Waals surface area contributed by atoms with Crippen LogP contribution < -0.4 is 0 Å². The molecule has 3 heteroatoms. The summed E-state index contributed by atoms with van der Waals surface area (Å²) in [6.45, 7) is 1.98. The van der Waals surface area contributed by atoms with Crippen LogP contribution in [0, 0.1) is 18.3 Å². The summed E-state index contributed by atoms with van der Waals surface area (Å²) in [4.78, 5) is 7.07. The van der Waals surface area contributed by atoms with E-state index in [1.54, 1.807) is 12.4 Å². The Balaban J connectivity index is 2.94. The summed E-state index contributed by atoms with van der Waals surface area (Å²) in [5, 5.41) is 8.75. The maximum atomic E-state index is 8.75. The van der Waals surface area contributed by atoms with Crippen molar-refractivity contribution < 1.29 is 0 Å². The van der Waals surface area contributed by atoms with E-state index in [9.17, 15) is 0 Å². The molecule has 3 nitrogen and oxygen atoms in total. The molecule has 2 aromatic rings. The van der Waals surface area contributed by atoms with Crippen molar-refractivity contribution in [3.05, 3.63) is 29.6 Å². The molecular weight excluding hydrogens is 150 g/mol. The zero-order valence-electron chi connectivity index (χ0n) is 6.63. The van der Waals surface area contributed by atoms with E-state index in [2.05, 4.69) is 16.0 Å². The van der Waals surface area contributed by atoms with Crippen LogP contribution in [0.4, 0.5) is 0 Å². The van der Waals surface area contributed by atoms with Gasteiger partial charge in [0.05, 0.1) is 22.9 Å². The van der Waals surface area contributed by atoms with E-state index >= 15 is 0 Å². The van der Waals surface area contributed by atoms with E-state index in [0.29, 0.717) is 5.56 Å². The molecule has 12 heavy (non-hydrogen) atoms. The van der Waals surface area contributed by atoms with Gasteiger partial charge in [-0.3, -0.25) is 0 Å². The van der Waals surface area contributed by atoms with E-state index in [-0.39, 0.29) is 0 Å². The second kappa shape index (κ2) is 2.35. The van der Waals surface area contributed by atoms with E-state index in [0.717, 1.165) is 16.6 Å². The van der Waals surface area contributed by atoms with Crippen LogP contribution in [0.15, 0.2) is 18.5 Å². The lowest BCUT2D eigenvalue weighted by Gasteiger charge is -1.94. The summed E-state index contributed by atoms with van der Waals surface area (Å²) in [7, 11) is 0. The van der Waals surface area contributed by atoms with Gasteiger partial charge in [-0.2, -0.15) is 5.26 Å². The van der Waals surface area contributed by atoms with Crippen molar-refractivity contribution in [3.8, 4) is 6.07 Å². The highest BCUT2D eigenvalue weighted by atomic mass is 14.9. The van der Waals surface area contributed by atoms with Crippen molar-refractivity contribution in [2.45, 2.75) is 6.92 Å². The number of hydrogen-bond acceptors (Lipinski definition) is 2. The molecule has 0 amide bonds. The van der Waals surface area contributed by atoms with Crippen molar-refractivity contribution in [2.75, 3.05) is 0 Å². The van der Waals surface area contributed by atoms with Crippen LogP contribution >= 0.6 is 0 Å². The fourth-order valence-electron chi connectivity index (χ4n) is 1.26. The molecule has 0 aliphatic rings. The minimum atomic E-state index is 0.646. The zero-order chi connectivity index (χ0) is 8.55. The molecule has 1 aromatic carbocycles. The number of benzene rings is 1. The number of imidazole rings is 1. The number of hydrogen-bond donors (Lipinski definition) is 1. The molecule has 0 aliphatic carbocycles. The second-order valence-electron chi connectivity index (χ2n) is 2.67. The van der Waals surface area contributed by atoms with Gasteiger partial charge in [0.1, 0.15) is 6.07 Å². The van der Waals surface area contributed by atoms with Crippen LogP contribution in [0.3, 0.4) is 0 Å². The Morgan fingerprint density at radius 1 is 1.50 bits per heavy atom. The molecule has 0 spiro atoms. The first-order valence-electron chi connectivity index (χ1n) is 3.65. The molecule has 2 rings (SSSR count). The average Bonchev–Trinajstić information content (AvgIpc) is 2.54. The van der Waals surface area contributed by atoms with Gasteiger partial charge in [0.2, 0.25) is 0 Å². The van der Waals surface area contributed by atoms with Crippen molar-refractivity contribution in [2.24, 2.45) is 0 Å². The first-order valence-corrected chi connectivity index (χ1v) is 3.65. The van der Waals surface area contributed by atoms with Gasteiger partial charge in [-0.15, -0.1) is 0 Å². The van der Waals surface area contributed by atoms with E-state index in [1.807, 2.05) is 13.0 Å². The third-order valence-electron chi connectivity index (χ3n) is 1.90. The summed E-state index contributed by atoms with van der Waals surface area (Å²) >= 11 is 0. The smallest absolute Gasteiger partial charge is 0.101 e. The van der Waals surface area contributed by atoms with E-state index < -0.39 is 0 Å². The highest BCUT2D eigenvalue weighted by Gasteiger charge is 2.03. The third kappa shape index (κ3) is 0.785. The minimum Gasteiger partial charge on any atom is -0.344 e. The van der Waals surface area contributed by atoms with Crippen molar-refractivity contribution in [3.63, 3.8) is 0 Å². The van der Waals surface area contributed by atoms with Crippen LogP contribution in [-0.2, 0) is 0 Å². The van der Waals surface area contributed by atoms with Crippen molar-refractivity contribution >= 4 is 11.0 Å². The molecule has 0 unspecified atom stereocenters. The first-order chi connectivity index (χ1) is 5.83. The Morgan fingerprint density at radius 2 is 2.33 bits per heavy atom. The Labute approximate surface area is 69.7 Å². The van der Waals surface area contributed by atoms with Gasteiger partial charge in [0, 0.05) is 0 Å². The highest BCUT2D eigenvalue weighted by Crippen LogP contribution is 2.17. The number of nitriles is 1. The molecular formula is C9H7N3. The van der Waals surface area contributed by atoms with Crippen molar-refractivity contribution in [1.29, 1.82) is 5.26 Å². The maximum Gasteiger partial charge on any atom is 0.101 e. The fourth-order valence-corrected chi connectivity index (χ4v) is 1.26. The largest absolute Gasteiger partial charge is 0.344 e. The lowest BCUT2D eigenvalue weighted by molar-refractivity contribution is 1.34. The standard InChI is InChI=1S/C9H7N3/c1-6-2-3-7(4-10)9-8(6)11-5-12-9/h2-3,5H,1H3,(H,11,12). The van der Waals surface area contributed by atoms with E-state index in [4.69, 9.17) is 5.26 Å². The fraction of sp³-hybridized carbons (Fsp3) is 0.111. The van der Waals surface area contributed by atoms with Gasteiger partial charge in [-0.25, -0.2) is 4.98 Å². The Kier molecular flexibility index (Phi) is 1.34. The van der Waals surface area contributed by atoms with Gasteiger partial charge in [-0.05, 0) is 18.6 Å². The zero-order valence-corrected chi connectivity index (χ0v) is 6.63. The number of nitrogens with zero attached hydrogens (tertiary/aromatic N) is 2. The number of nitrogens with one attached hydrogen (secondary N) is 1. The highest BCUT2D eigenvalue weighted by molar-refractivity contribution is 5.83. The molecule has 0 bridgehead atoms. The van der Waals surface area contributed by atoms with E-state index in [1.165, 1.54) is 0 Å². The summed E-state index contributed by atoms with van der Waals surface area (Å²) in [6.07, 6.45) is 1.61. The number of fused-ring (bicyclic) bond motifs is 1. The Hall–Kier alpha value is -1.82. The number of rotatable bonds is 0. The second-order valence-corrected chi connectivity index (χ2v) is 2.67. The van der Waals surface area contributed by atoms with Gasteiger partial charge in [0.15, 0.2) is 0 Å². The average molecular weight is 157 g/mol. The van der Waals surface area contributed by atoms with Gasteiger partial charge < -0.3 is 4.98 Å².